The van der Waals surface area contributed by atoms with Crippen molar-refractivity contribution in [1.82, 2.24) is 10.1 Å². The minimum absolute atomic E-state index is 0.149. The predicted molar refractivity (Wildman–Crippen MR) is 73.4 cm³/mol. The summed E-state index contributed by atoms with van der Waals surface area (Å²) in [5.41, 5.74) is 7.23. The highest BCUT2D eigenvalue weighted by Crippen LogP contribution is 2.26. The summed E-state index contributed by atoms with van der Waals surface area (Å²) in [6.07, 6.45) is -0.149. The van der Waals surface area contributed by atoms with Gasteiger partial charge in [0.15, 0.2) is 0 Å². The fraction of sp³-hybridized carbons (Fsp3) is 0.429. The lowest BCUT2D eigenvalue weighted by Crippen LogP contribution is -2.12. The Morgan fingerprint density at radius 3 is 2.79 bits per heavy atom. The Labute approximate surface area is 112 Å². The first-order chi connectivity index (χ1) is 9.11. The van der Waals surface area contributed by atoms with E-state index in [-0.39, 0.29) is 12.0 Å². The van der Waals surface area contributed by atoms with Gasteiger partial charge in [0.1, 0.15) is 6.10 Å². The number of nitrogen functional groups attached to an aromatic ring is 1. The SMILES string of the molecule is CCOC(c1noc(-c2cccc(N)c2)n1)C(C)C. The van der Waals surface area contributed by atoms with Crippen molar-refractivity contribution < 1.29 is 9.26 Å². The molecule has 2 rings (SSSR count). The molecule has 5 nitrogen and oxygen atoms in total. The number of nitrogens with two attached hydrogens (primary N) is 1. The molecule has 1 unspecified atom stereocenters. The van der Waals surface area contributed by atoms with Gasteiger partial charge in [-0.3, -0.25) is 0 Å². The molecular formula is C14H19N3O2. The highest BCUT2D eigenvalue weighted by molar-refractivity contribution is 5.59. The van der Waals surface area contributed by atoms with Gasteiger partial charge >= 0.3 is 0 Å². The minimum atomic E-state index is -0.149. The number of nitrogens with zero attached hydrogens (tertiary/aromatic N) is 2. The number of ether oxygens (including phenoxy) is 1. The molecule has 1 aromatic carbocycles. The van der Waals surface area contributed by atoms with Gasteiger partial charge in [-0.1, -0.05) is 25.1 Å². The molecule has 0 aliphatic carbocycles. The molecule has 0 amide bonds. The standard InChI is InChI=1S/C14H19N3O2/c1-4-18-12(9(2)3)13-16-14(19-17-13)10-6-5-7-11(15)8-10/h5-9,12H,4,15H2,1-3H3. The summed E-state index contributed by atoms with van der Waals surface area (Å²) in [6.45, 7) is 6.70. The van der Waals surface area contributed by atoms with E-state index in [1.165, 1.54) is 0 Å². The average molecular weight is 261 g/mol. The largest absolute Gasteiger partial charge is 0.399 e. The van der Waals surface area contributed by atoms with E-state index < -0.39 is 0 Å². The van der Waals surface area contributed by atoms with E-state index in [1.807, 2.05) is 31.2 Å². The summed E-state index contributed by atoms with van der Waals surface area (Å²) in [7, 11) is 0. The molecule has 1 atom stereocenters. The highest BCUT2D eigenvalue weighted by atomic mass is 16.5. The van der Waals surface area contributed by atoms with E-state index in [1.54, 1.807) is 0 Å². The number of benzene rings is 1. The monoisotopic (exact) mass is 261 g/mol. The zero-order valence-corrected chi connectivity index (χ0v) is 11.5. The van der Waals surface area contributed by atoms with Crippen molar-refractivity contribution in [1.29, 1.82) is 0 Å². The topological polar surface area (TPSA) is 74.2 Å². The molecule has 2 aromatic rings. The second kappa shape index (κ2) is 5.84. The maximum absolute atomic E-state index is 5.74. The molecule has 1 heterocycles. The van der Waals surface area contributed by atoms with Crippen molar-refractivity contribution in [2.24, 2.45) is 5.92 Å². The summed E-state index contributed by atoms with van der Waals surface area (Å²) < 4.78 is 10.9. The van der Waals surface area contributed by atoms with Gasteiger partial charge in [-0.15, -0.1) is 0 Å². The van der Waals surface area contributed by atoms with Gasteiger partial charge in [-0.05, 0) is 31.0 Å². The number of rotatable bonds is 5. The molecule has 0 bridgehead atoms. The Kier molecular flexibility index (Phi) is 4.16. The molecule has 0 radical (unpaired) electrons. The fourth-order valence-electron chi connectivity index (χ4n) is 1.88. The third-order valence-electron chi connectivity index (χ3n) is 2.78. The lowest BCUT2D eigenvalue weighted by molar-refractivity contribution is 0.0217. The van der Waals surface area contributed by atoms with Gasteiger partial charge in [0.05, 0.1) is 0 Å². The van der Waals surface area contributed by atoms with Crippen LogP contribution in [0.25, 0.3) is 11.5 Å². The van der Waals surface area contributed by atoms with Crippen LogP contribution in [-0.2, 0) is 4.74 Å². The number of hydrogen-bond donors (Lipinski definition) is 1. The Morgan fingerprint density at radius 2 is 2.16 bits per heavy atom. The Bertz CT molecular complexity index is 537. The van der Waals surface area contributed by atoms with Gasteiger partial charge in [0, 0.05) is 17.9 Å². The van der Waals surface area contributed by atoms with Crippen LogP contribution in [-0.4, -0.2) is 16.7 Å². The maximum atomic E-state index is 5.74. The number of hydrogen-bond acceptors (Lipinski definition) is 5. The first-order valence-corrected chi connectivity index (χ1v) is 6.43. The van der Waals surface area contributed by atoms with Crippen LogP contribution in [0.5, 0.6) is 0 Å². The molecule has 0 aliphatic heterocycles. The second-order valence-corrected chi connectivity index (χ2v) is 4.70. The molecule has 0 fully saturated rings. The van der Waals surface area contributed by atoms with Gasteiger partial charge < -0.3 is 15.0 Å². The van der Waals surface area contributed by atoms with Gasteiger partial charge in [-0.25, -0.2) is 0 Å². The summed E-state index contributed by atoms with van der Waals surface area (Å²) in [4.78, 5) is 4.40. The van der Waals surface area contributed by atoms with Crippen LogP contribution >= 0.6 is 0 Å². The molecule has 102 valence electrons. The van der Waals surface area contributed by atoms with Crippen LogP contribution in [0.15, 0.2) is 28.8 Å². The molecular weight excluding hydrogens is 242 g/mol. The van der Waals surface area contributed by atoms with Crippen molar-refractivity contribution >= 4 is 5.69 Å². The summed E-state index contributed by atoms with van der Waals surface area (Å²) in [6, 6.07) is 7.37. The smallest absolute Gasteiger partial charge is 0.258 e. The summed E-state index contributed by atoms with van der Waals surface area (Å²) >= 11 is 0. The maximum Gasteiger partial charge on any atom is 0.258 e. The first-order valence-electron chi connectivity index (χ1n) is 6.43. The first kappa shape index (κ1) is 13.5. The number of anilines is 1. The van der Waals surface area contributed by atoms with Crippen molar-refractivity contribution in [3.63, 3.8) is 0 Å². The highest BCUT2D eigenvalue weighted by Gasteiger charge is 2.22. The molecule has 0 saturated heterocycles. The van der Waals surface area contributed by atoms with Crippen molar-refractivity contribution in [2.75, 3.05) is 12.3 Å². The summed E-state index contributed by atoms with van der Waals surface area (Å²) in [5, 5.41) is 4.01. The van der Waals surface area contributed by atoms with Gasteiger partial charge in [0.25, 0.3) is 5.89 Å². The lowest BCUT2D eigenvalue weighted by Gasteiger charge is -2.16. The van der Waals surface area contributed by atoms with Crippen molar-refractivity contribution in [3.05, 3.63) is 30.1 Å². The van der Waals surface area contributed by atoms with Crippen LogP contribution in [0, 0.1) is 5.92 Å². The Hall–Kier alpha value is -1.88. The van der Waals surface area contributed by atoms with E-state index in [9.17, 15) is 0 Å². The number of aromatic nitrogens is 2. The van der Waals surface area contributed by atoms with E-state index in [0.717, 1.165) is 5.56 Å². The third-order valence-corrected chi connectivity index (χ3v) is 2.78. The van der Waals surface area contributed by atoms with Crippen LogP contribution in [0.1, 0.15) is 32.7 Å². The Morgan fingerprint density at radius 1 is 1.37 bits per heavy atom. The van der Waals surface area contributed by atoms with Gasteiger partial charge in [-0.2, -0.15) is 4.98 Å². The predicted octanol–water partition coefficient (Wildman–Crippen LogP) is 3.05. The van der Waals surface area contributed by atoms with E-state index in [2.05, 4.69) is 24.0 Å². The summed E-state index contributed by atoms with van der Waals surface area (Å²) in [5.74, 6) is 1.33. The van der Waals surface area contributed by atoms with Crippen molar-refractivity contribution in [2.45, 2.75) is 26.9 Å². The quantitative estimate of drug-likeness (QED) is 0.837. The van der Waals surface area contributed by atoms with Crippen LogP contribution in [0.3, 0.4) is 0 Å². The average Bonchev–Trinajstić information content (AvgIpc) is 2.84. The minimum Gasteiger partial charge on any atom is -0.399 e. The van der Waals surface area contributed by atoms with Gasteiger partial charge in [0.2, 0.25) is 5.82 Å². The zero-order chi connectivity index (χ0) is 13.8. The molecule has 0 aliphatic rings. The van der Waals surface area contributed by atoms with E-state index >= 15 is 0 Å². The second-order valence-electron chi connectivity index (χ2n) is 4.70. The van der Waals surface area contributed by atoms with Crippen molar-refractivity contribution in [3.8, 4) is 11.5 Å². The molecule has 2 N–H and O–H groups in total. The molecule has 1 aromatic heterocycles. The molecule has 0 saturated carbocycles. The van der Waals surface area contributed by atoms with Crippen LogP contribution in [0.2, 0.25) is 0 Å². The molecule has 19 heavy (non-hydrogen) atoms. The van der Waals surface area contributed by atoms with Crippen LogP contribution < -0.4 is 5.73 Å². The lowest BCUT2D eigenvalue weighted by atomic mass is 10.1. The fourth-order valence-corrected chi connectivity index (χ4v) is 1.88. The normalized spacial score (nSPS) is 12.8. The van der Waals surface area contributed by atoms with Crippen LogP contribution in [0.4, 0.5) is 5.69 Å². The molecule has 5 heteroatoms. The van der Waals surface area contributed by atoms with E-state index in [4.69, 9.17) is 15.0 Å². The Balaban J connectivity index is 2.27. The van der Waals surface area contributed by atoms with E-state index in [0.29, 0.717) is 24.0 Å². The molecule has 0 spiro atoms. The zero-order valence-electron chi connectivity index (χ0n) is 11.5. The third kappa shape index (κ3) is 3.12.